The average Bonchev–Trinajstić information content (AvgIpc) is 3.42. The minimum absolute atomic E-state index is 0.0231. The van der Waals surface area contributed by atoms with Crippen LogP contribution in [0.15, 0.2) is 24.3 Å². The molecule has 1 saturated carbocycles. The van der Waals surface area contributed by atoms with Gasteiger partial charge in [0.15, 0.2) is 5.82 Å². The molecule has 0 unspecified atom stereocenters. The van der Waals surface area contributed by atoms with E-state index in [1.165, 1.54) is 4.90 Å². The van der Waals surface area contributed by atoms with Gasteiger partial charge in [-0.2, -0.15) is 5.26 Å². The van der Waals surface area contributed by atoms with Gasteiger partial charge in [0.25, 0.3) is 0 Å². The predicted octanol–water partition coefficient (Wildman–Crippen LogP) is 6.53. The smallest absolute Gasteiger partial charge is 0.407 e. The van der Waals surface area contributed by atoms with E-state index >= 15 is 4.39 Å². The lowest BCUT2D eigenvalue weighted by Crippen LogP contribution is -2.49. The Morgan fingerprint density at radius 3 is 2.89 bits per heavy atom. The van der Waals surface area contributed by atoms with Crippen molar-refractivity contribution in [2.45, 2.75) is 45.2 Å². The summed E-state index contributed by atoms with van der Waals surface area (Å²) in [6, 6.07) is 9.39. The number of halogens is 3. The molecule has 180 valence electrons. The molecule has 0 radical (unpaired) electrons. The lowest BCUT2D eigenvalue weighted by molar-refractivity contribution is 0.140. The van der Waals surface area contributed by atoms with Gasteiger partial charge < -0.3 is 15.3 Å². The number of benzene rings is 2. The van der Waals surface area contributed by atoms with Gasteiger partial charge in [-0.3, -0.25) is 0 Å². The van der Waals surface area contributed by atoms with E-state index < -0.39 is 11.9 Å². The quantitative estimate of drug-likeness (QED) is 0.323. The summed E-state index contributed by atoms with van der Waals surface area (Å²) in [4.78, 5) is 17.7. The summed E-state index contributed by atoms with van der Waals surface area (Å²) in [5.74, 6) is -0.209. The Morgan fingerprint density at radius 1 is 1.43 bits per heavy atom. The van der Waals surface area contributed by atoms with Crippen molar-refractivity contribution in [1.82, 2.24) is 9.88 Å². The molecule has 2 aromatic carbocycles. The molecule has 6 rings (SSSR count). The van der Waals surface area contributed by atoms with Crippen molar-refractivity contribution in [3.05, 3.63) is 55.5 Å². The van der Waals surface area contributed by atoms with Gasteiger partial charge in [0.1, 0.15) is 5.52 Å². The minimum Gasteiger partial charge on any atom is -0.465 e. The number of fused-ring (bicyclic) bond motifs is 2. The number of hydrogen-bond donors (Lipinski definition) is 2. The van der Waals surface area contributed by atoms with Crippen LogP contribution in [0.3, 0.4) is 0 Å². The van der Waals surface area contributed by atoms with Crippen LogP contribution in [0.4, 0.5) is 14.9 Å². The zero-order chi connectivity index (χ0) is 25.0. The van der Waals surface area contributed by atoms with Crippen molar-refractivity contribution < 1.29 is 14.3 Å². The van der Waals surface area contributed by atoms with Gasteiger partial charge in [0, 0.05) is 34.9 Å². The highest BCUT2D eigenvalue weighted by Crippen LogP contribution is 2.45. The molecule has 2 aliphatic heterocycles. The molecule has 6 nitrogen and oxygen atoms in total. The summed E-state index contributed by atoms with van der Waals surface area (Å²) in [6.45, 7) is 4.21. The van der Waals surface area contributed by atoms with Gasteiger partial charge in [0.2, 0.25) is 0 Å². The summed E-state index contributed by atoms with van der Waals surface area (Å²) in [5.41, 5.74) is 4.31. The normalized spacial score (nSPS) is 20.6. The van der Waals surface area contributed by atoms with Crippen molar-refractivity contribution in [1.29, 1.82) is 5.26 Å². The molecule has 2 bridgehead atoms. The molecule has 9 heteroatoms. The minimum atomic E-state index is -0.904. The van der Waals surface area contributed by atoms with Crippen LogP contribution in [0, 0.1) is 40.5 Å². The number of anilines is 1. The van der Waals surface area contributed by atoms with Crippen molar-refractivity contribution in [3.8, 4) is 17.2 Å². The van der Waals surface area contributed by atoms with Crippen molar-refractivity contribution in [3.63, 3.8) is 0 Å². The maximum atomic E-state index is 16.3. The first-order chi connectivity index (χ1) is 16.7. The number of pyridine rings is 1. The second-order valence-corrected chi connectivity index (χ2v) is 10.7. The maximum Gasteiger partial charge on any atom is 0.407 e. The van der Waals surface area contributed by atoms with E-state index in [9.17, 15) is 15.2 Å². The van der Waals surface area contributed by atoms with E-state index in [-0.39, 0.29) is 29.9 Å². The number of aromatic nitrogens is 1. The van der Waals surface area contributed by atoms with E-state index in [2.05, 4.69) is 39.0 Å². The fourth-order valence-corrected chi connectivity index (χ4v) is 6.17. The average molecular weight is 605 g/mol. The summed E-state index contributed by atoms with van der Waals surface area (Å²) in [6.07, 6.45) is 0.564. The van der Waals surface area contributed by atoms with Gasteiger partial charge in [-0.1, -0.05) is 23.7 Å². The number of nitrogens with zero attached hydrogens (tertiary/aromatic N) is 3. The second-order valence-electron chi connectivity index (χ2n) is 9.25. The van der Waals surface area contributed by atoms with Crippen LogP contribution < -0.4 is 5.32 Å². The Balaban J connectivity index is 1.69. The molecular formula is C26H23ClFIN4O2. The molecule has 2 saturated heterocycles. The largest absolute Gasteiger partial charge is 0.465 e. The van der Waals surface area contributed by atoms with Crippen LogP contribution in [0.2, 0.25) is 5.02 Å². The van der Waals surface area contributed by atoms with Crippen LogP contribution >= 0.6 is 34.2 Å². The van der Waals surface area contributed by atoms with Crippen LogP contribution in [0.5, 0.6) is 0 Å². The molecule has 3 heterocycles. The molecule has 3 aromatic rings. The second kappa shape index (κ2) is 9.10. The third-order valence-electron chi connectivity index (χ3n) is 7.31. The Labute approximate surface area is 221 Å². The Morgan fingerprint density at radius 2 is 2.20 bits per heavy atom. The maximum absolute atomic E-state index is 16.3. The highest BCUT2D eigenvalue weighted by Gasteiger charge is 2.54. The molecule has 2 N–H and O–H groups in total. The highest BCUT2D eigenvalue weighted by molar-refractivity contribution is 14.1. The molecule has 3 atom stereocenters. The van der Waals surface area contributed by atoms with E-state index in [1.54, 1.807) is 12.1 Å². The molecule has 0 spiro atoms. The first-order valence-corrected chi connectivity index (χ1v) is 12.9. The summed E-state index contributed by atoms with van der Waals surface area (Å²) >= 11 is 8.58. The zero-order valence-corrected chi connectivity index (χ0v) is 22.1. The van der Waals surface area contributed by atoms with Crippen molar-refractivity contribution in [2.75, 3.05) is 11.9 Å². The third kappa shape index (κ3) is 3.89. The van der Waals surface area contributed by atoms with E-state index in [1.807, 2.05) is 26.0 Å². The SMILES string of the molecule is Cc1nc2c(F)c(-c3cccc(Cl)c3C)c(CCC#N)cc2c(N[C@H]2[C@@H]3C[C@H]2N(C(=O)O)C3)c1I. The number of hydrogen-bond acceptors (Lipinski definition) is 4. The lowest BCUT2D eigenvalue weighted by Gasteiger charge is -2.37. The standard InChI is InChI=1S/C26H23ClFIN4O2/c1-12-16(6-3-7-18(12)27)20-14(5-4-8-30)9-17-24(21(20)28)31-13(2)22(29)25(17)32-23-15-10-19(23)33(11-15)26(34)35/h3,6-7,9,15,19,23H,4-5,10-11H2,1-2H3,(H,31,32)(H,34,35)/t15-,19-,23+/m1/s1. The van der Waals surface area contributed by atoms with Gasteiger partial charge in [-0.25, -0.2) is 14.2 Å². The topological polar surface area (TPSA) is 89.3 Å². The van der Waals surface area contributed by atoms with E-state index in [4.69, 9.17) is 11.6 Å². The number of nitriles is 1. The molecule has 3 aliphatic rings. The van der Waals surface area contributed by atoms with Crippen LogP contribution in [-0.2, 0) is 6.42 Å². The highest BCUT2D eigenvalue weighted by atomic mass is 127. The van der Waals surface area contributed by atoms with Crippen LogP contribution in [0.25, 0.3) is 22.0 Å². The fraction of sp³-hybridized carbons (Fsp3) is 0.346. The Hall–Kier alpha value is -2.64. The number of amides is 1. The number of rotatable bonds is 5. The zero-order valence-electron chi connectivity index (χ0n) is 19.2. The number of aryl methyl sites for hydroxylation is 2. The van der Waals surface area contributed by atoms with E-state index in [0.717, 1.165) is 26.8 Å². The first kappa shape index (κ1) is 24.1. The van der Waals surface area contributed by atoms with Crippen LogP contribution in [-0.4, -0.2) is 39.7 Å². The van der Waals surface area contributed by atoms with Gasteiger partial charge in [-0.15, -0.1) is 0 Å². The van der Waals surface area contributed by atoms with Gasteiger partial charge >= 0.3 is 6.09 Å². The summed E-state index contributed by atoms with van der Waals surface area (Å²) < 4.78 is 17.2. The van der Waals surface area contributed by atoms with E-state index in [0.29, 0.717) is 40.2 Å². The number of carbonyl (C=O) groups is 1. The summed E-state index contributed by atoms with van der Waals surface area (Å²) in [5, 5.41) is 23.5. The van der Waals surface area contributed by atoms with Gasteiger partial charge in [0.05, 0.1) is 33.1 Å². The first-order valence-electron chi connectivity index (χ1n) is 11.4. The lowest BCUT2D eigenvalue weighted by atomic mass is 9.79. The Bertz CT molecular complexity index is 1420. The third-order valence-corrected chi connectivity index (χ3v) is 9.04. The molecule has 3 fully saturated rings. The Kier molecular flexibility index (Phi) is 6.26. The molecule has 1 amide bonds. The molecule has 35 heavy (non-hydrogen) atoms. The fourth-order valence-electron chi connectivity index (χ4n) is 5.43. The summed E-state index contributed by atoms with van der Waals surface area (Å²) in [7, 11) is 0. The predicted molar refractivity (Wildman–Crippen MR) is 142 cm³/mol. The molecule has 1 aromatic heterocycles. The number of carboxylic acid groups (broad SMARTS) is 1. The molecular weight excluding hydrogens is 582 g/mol. The molecule has 1 aliphatic carbocycles. The van der Waals surface area contributed by atoms with Gasteiger partial charge in [-0.05, 0) is 78.1 Å². The number of nitrogens with one attached hydrogen (secondary N) is 1. The van der Waals surface area contributed by atoms with Crippen molar-refractivity contribution >= 4 is 56.9 Å². The van der Waals surface area contributed by atoms with Crippen molar-refractivity contribution in [2.24, 2.45) is 5.92 Å². The monoisotopic (exact) mass is 604 g/mol. The van der Waals surface area contributed by atoms with Crippen LogP contribution in [0.1, 0.15) is 29.7 Å².